The number of rotatable bonds is 4. The molecule has 1 saturated heterocycles. The van der Waals surface area contributed by atoms with Gasteiger partial charge in [-0.25, -0.2) is 4.39 Å². The van der Waals surface area contributed by atoms with Crippen molar-refractivity contribution in [3.8, 4) is 0 Å². The number of carbonyl (C=O) groups excluding carboxylic acids is 2. The average molecular weight is 448 g/mol. The van der Waals surface area contributed by atoms with Gasteiger partial charge in [-0.2, -0.15) is 13.2 Å². The van der Waals surface area contributed by atoms with E-state index in [1.54, 1.807) is 4.90 Å². The molecule has 2 aliphatic rings. The molecule has 2 N–H and O–H groups in total. The number of hydrogen-bond acceptors (Lipinski definition) is 4. The first-order valence-corrected chi connectivity index (χ1v) is 9.99. The lowest BCUT2D eigenvalue weighted by molar-refractivity contribution is -0.137. The quantitative estimate of drug-likeness (QED) is 0.549. The fourth-order valence-corrected chi connectivity index (χ4v) is 4.06. The topological polar surface area (TPSA) is 73.8 Å². The number of fused-ring (bicyclic) bond motifs is 1. The second-order valence-corrected chi connectivity index (χ2v) is 7.81. The molecule has 2 amide bonds. The highest BCUT2D eigenvalue weighted by Crippen LogP contribution is 2.40. The van der Waals surface area contributed by atoms with Crippen LogP contribution in [-0.2, 0) is 15.8 Å². The van der Waals surface area contributed by atoms with Crippen LogP contribution in [0.4, 0.5) is 34.6 Å². The minimum Gasteiger partial charge on any atom is -0.369 e. The SMILES string of the molecule is CC(=O)NC1CCN(c2ccc(N=CC3C(=O)Nc4cc(F)ccc43)cc2C(F)(F)F)C1. The smallest absolute Gasteiger partial charge is 0.369 e. The van der Waals surface area contributed by atoms with E-state index >= 15 is 0 Å². The molecule has 2 unspecified atom stereocenters. The van der Waals surface area contributed by atoms with E-state index in [-0.39, 0.29) is 29.9 Å². The number of anilines is 2. The van der Waals surface area contributed by atoms with Crippen LogP contribution in [0.2, 0.25) is 0 Å². The van der Waals surface area contributed by atoms with E-state index in [2.05, 4.69) is 15.6 Å². The van der Waals surface area contributed by atoms with Gasteiger partial charge in [-0.1, -0.05) is 6.07 Å². The fourth-order valence-electron chi connectivity index (χ4n) is 4.06. The number of carbonyl (C=O) groups is 2. The normalized spacial score (nSPS) is 20.5. The van der Waals surface area contributed by atoms with Gasteiger partial charge in [0.05, 0.1) is 11.3 Å². The fraction of sp³-hybridized carbons (Fsp3) is 0.318. The molecule has 1 fully saturated rings. The Morgan fingerprint density at radius 3 is 2.75 bits per heavy atom. The predicted molar refractivity (Wildman–Crippen MR) is 112 cm³/mol. The number of aliphatic imine (C=N–C) groups is 1. The van der Waals surface area contributed by atoms with Crippen molar-refractivity contribution in [3.63, 3.8) is 0 Å². The second-order valence-electron chi connectivity index (χ2n) is 7.81. The lowest BCUT2D eigenvalue weighted by Gasteiger charge is -2.23. The summed E-state index contributed by atoms with van der Waals surface area (Å²) in [6.07, 6.45) is -2.80. The summed E-state index contributed by atoms with van der Waals surface area (Å²) in [7, 11) is 0. The molecule has 6 nitrogen and oxygen atoms in total. The Morgan fingerprint density at radius 2 is 2.03 bits per heavy atom. The van der Waals surface area contributed by atoms with Gasteiger partial charge in [0.15, 0.2) is 0 Å². The number of nitrogens with one attached hydrogen (secondary N) is 2. The standard InChI is InChI=1S/C22H20F4N4O2/c1-12(31)28-15-6-7-30(11-15)20-5-3-14(9-18(20)22(24,25)26)27-10-17-16-4-2-13(23)8-19(16)29-21(17)32/h2-5,8-10,15,17H,6-7,11H2,1H3,(H,28,31)(H,29,32). The van der Waals surface area contributed by atoms with Crippen molar-refractivity contribution >= 4 is 35.1 Å². The van der Waals surface area contributed by atoms with Crippen LogP contribution in [0, 0.1) is 5.82 Å². The number of nitrogens with zero attached hydrogens (tertiary/aromatic N) is 2. The highest BCUT2D eigenvalue weighted by molar-refractivity contribution is 6.12. The molecule has 0 radical (unpaired) electrons. The van der Waals surface area contributed by atoms with Crippen molar-refractivity contribution in [3.05, 3.63) is 53.3 Å². The molecule has 168 valence electrons. The van der Waals surface area contributed by atoms with Crippen LogP contribution in [0.25, 0.3) is 0 Å². The molecular weight excluding hydrogens is 428 g/mol. The summed E-state index contributed by atoms with van der Waals surface area (Å²) in [6.45, 7) is 2.03. The minimum absolute atomic E-state index is 0.0173. The van der Waals surface area contributed by atoms with E-state index in [0.29, 0.717) is 24.2 Å². The molecule has 0 aromatic heterocycles. The monoisotopic (exact) mass is 448 g/mol. The van der Waals surface area contributed by atoms with Gasteiger partial charge < -0.3 is 15.5 Å². The Bertz CT molecular complexity index is 1100. The predicted octanol–water partition coefficient (Wildman–Crippen LogP) is 4.00. The molecule has 2 aromatic carbocycles. The second kappa shape index (κ2) is 8.25. The third kappa shape index (κ3) is 4.44. The van der Waals surface area contributed by atoms with Crippen LogP contribution in [0.5, 0.6) is 0 Å². The van der Waals surface area contributed by atoms with Crippen molar-refractivity contribution in [1.29, 1.82) is 0 Å². The first-order chi connectivity index (χ1) is 15.1. The van der Waals surface area contributed by atoms with E-state index in [9.17, 15) is 27.2 Å². The Balaban J connectivity index is 1.59. The summed E-state index contributed by atoms with van der Waals surface area (Å²) in [5.74, 6) is -1.98. The maximum absolute atomic E-state index is 13.8. The Kier molecular flexibility index (Phi) is 5.62. The number of halogens is 4. The summed E-state index contributed by atoms with van der Waals surface area (Å²) in [5.41, 5.74) is 0.0502. The lowest BCUT2D eigenvalue weighted by Crippen LogP contribution is -2.35. The highest BCUT2D eigenvalue weighted by Gasteiger charge is 2.37. The van der Waals surface area contributed by atoms with E-state index in [4.69, 9.17) is 0 Å². The number of alkyl halides is 3. The molecule has 2 atom stereocenters. The van der Waals surface area contributed by atoms with Crippen molar-refractivity contribution in [2.75, 3.05) is 23.3 Å². The van der Waals surface area contributed by atoms with Crippen LogP contribution in [0.1, 0.15) is 30.4 Å². The number of benzene rings is 2. The van der Waals surface area contributed by atoms with Gasteiger partial charge in [-0.15, -0.1) is 0 Å². The molecule has 4 rings (SSSR count). The molecule has 2 aliphatic heterocycles. The summed E-state index contributed by atoms with van der Waals surface area (Å²) in [5, 5.41) is 5.27. The van der Waals surface area contributed by atoms with E-state index < -0.39 is 29.4 Å². The van der Waals surface area contributed by atoms with Crippen molar-refractivity contribution in [1.82, 2.24) is 5.32 Å². The van der Waals surface area contributed by atoms with Crippen molar-refractivity contribution in [2.24, 2.45) is 4.99 Å². The molecule has 0 aliphatic carbocycles. The Morgan fingerprint density at radius 1 is 1.25 bits per heavy atom. The summed E-state index contributed by atoms with van der Waals surface area (Å²) >= 11 is 0. The maximum Gasteiger partial charge on any atom is 0.418 e. The van der Waals surface area contributed by atoms with Crippen LogP contribution < -0.4 is 15.5 Å². The summed E-state index contributed by atoms with van der Waals surface area (Å²) in [6, 6.07) is 7.37. The Hall–Kier alpha value is -3.43. The molecule has 32 heavy (non-hydrogen) atoms. The van der Waals surface area contributed by atoms with Crippen LogP contribution in [-0.4, -0.2) is 37.2 Å². The molecule has 2 heterocycles. The van der Waals surface area contributed by atoms with Gasteiger partial charge in [0.1, 0.15) is 11.7 Å². The molecule has 0 saturated carbocycles. The summed E-state index contributed by atoms with van der Waals surface area (Å²) < 4.78 is 54.7. The average Bonchev–Trinajstić information content (AvgIpc) is 3.28. The molecule has 0 bridgehead atoms. The zero-order chi connectivity index (χ0) is 23.0. The van der Waals surface area contributed by atoms with Gasteiger partial charge in [-0.05, 0) is 42.3 Å². The van der Waals surface area contributed by atoms with E-state index in [1.807, 2.05) is 0 Å². The third-order valence-corrected chi connectivity index (χ3v) is 5.49. The van der Waals surface area contributed by atoms with E-state index in [0.717, 1.165) is 6.07 Å². The van der Waals surface area contributed by atoms with Gasteiger partial charge in [-0.3, -0.25) is 14.6 Å². The number of hydrogen-bond donors (Lipinski definition) is 2. The minimum atomic E-state index is -4.61. The lowest BCUT2D eigenvalue weighted by atomic mass is 10.0. The van der Waals surface area contributed by atoms with Gasteiger partial charge in [0.25, 0.3) is 0 Å². The Labute approximate surface area is 181 Å². The van der Waals surface area contributed by atoms with Crippen LogP contribution >= 0.6 is 0 Å². The van der Waals surface area contributed by atoms with Crippen LogP contribution in [0.3, 0.4) is 0 Å². The molecule has 10 heteroatoms. The van der Waals surface area contributed by atoms with Crippen molar-refractivity contribution < 1.29 is 27.2 Å². The van der Waals surface area contributed by atoms with Gasteiger partial charge >= 0.3 is 6.18 Å². The zero-order valence-corrected chi connectivity index (χ0v) is 17.0. The van der Waals surface area contributed by atoms with Gasteiger partial charge in [0.2, 0.25) is 11.8 Å². The first kappa shape index (κ1) is 21.8. The third-order valence-electron chi connectivity index (χ3n) is 5.49. The number of amides is 2. The maximum atomic E-state index is 13.8. The zero-order valence-electron chi connectivity index (χ0n) is 17.0. The van der Waals surface area contributed by atoms with Crippen molar-refractivity contribution in [2.45, 2.75) is 31.5 Å². The molecular formula is C22H20F4N4O2. The summed E-state index contributed by atoms with van der Waals surface area (Å²) in [4.78, 5) is 29.1. The first-order valence-electron chi connectivity index (χ1n) is 9.99. The van der Waals surface area contributed by atoms with Crippen LogP contribution in [0.15, 0.2) is 41.4 Å². The van der Waals surface area contributed by atoms with E-state index in [1.165, 1.54) is 43.5 Å². The molecule has 2 aromatic rings. The highest BCUT2D eigenvalue weighted by atomic mass is 19.4. The van der Waals surface area contributed by atoms with Gasteiger partial charge in [0, 0.05) is 43.6 Å². The molecule has 0 spiro atoms. The largest absolute Gasteiger partial charge is 0.418 e.